The predicted octanol–water partition coefficient (Wildman–Crippen LogP) is 3.47. The van der Waals surface area contributed by atoms with Gasteiger partial charge in [-0.1, -0.05) is 37.6 Å². The monoisotopic (exact) mass is 275 g/mol. The molecule has 0 aliphatic carbocycles. The normalized spacial score (nSPS) is 19.9. The minimum Gasteiger partial charge on any atom is -0.481 e. The standard InChI is InChI=1S/C17H25NO2/c1-2-16-8-3-4-11-18(16)13-15-7-5-6-14(12-15)9-10-17(19)20/h5-7,12,16H,2-4,8-11,13H2,1H3,(H,19,20). The number of hydrogen-bond donors (Lipinski definition) is 1. The number of likely N-dealkylation sites (tertiary alicyclic amines) is 1. The Morgan fingerprint density at radius 3 is 2.90 bits per heavy atom. The second kappa shape index (κ2) is 7.44. The zero-order valence-electron chi connectivity index (χ0n) is 12.3. The van der Waals surface area contributed by atoms with Crippen molar-refractivity contribution >= 4 is 5.97 Å². The van der Waals surface area contributed by atoms with Crippen LogP contribution in [0.3, 0.4) is 0 Å². The van der Waals surface area contributed by atoms with Crippen LogP contribution >= 0.6 is 0 Å². The van der Waals surface area contributed by atoms with Gasteiger partial charge in [0.2, 0.25) is 0 Å². The largest absolute Gasteiger partial charge is 0.481 e. The highest BCUT2D eigenvalue weighted by Gasteiger charge is 2.20. The quantitative estimate of drug-likeness (QED) is 0.864. The average molecular weight is 275 g/mol. The summed E-state index contributed by atoms with van der Waals surface area (Å²) >= 11 is 0. The number of piperidine rings is 1. The van der Waals surface area contributed by atoms with Crippen LogP contribution in [0.5, 0.6) is 0 Å². The van der Waals surface area contributed by atoms with Crippen molar-refractivity contribution in [3.63, 3.8) is 0 Å². The Morgan fingerprint density at radius 2 is 2.15 bits per heavy atom. The predicted molar refractivity (Wildman–Crippen MR) is 80.7 cm³/mol. The number of hydrogen-bond acceptors (Lipinski definition) is 2. The van der Waals surface area contributed by atoms with E-state index in [9.17, 15) is 4.79 Å². The van der Waals surface area contributed by atoms with Gasteiger partial charge in [-0.05, 0) is 43.4 Å². The van der Waals surface area contributed by atoms with Crippen LogP contribution in [-0.2, 0) is 17.8 Å². The Labute approximate surface area is 121 Å². The third-order valence-corrected chi connectivity index (χ3v) is 4.22. The number of nitrogens with zero attached hydrogens (tertiary/aromatic N) is 1. The molecule has 1 heterocycles. The van der Waals surface area contributed by atoms with Crippen molar-refractivity contribution in [3.8, 4) is 0 Å². The average Bonchev–Trinajstić information content (AvgIpc) is 2.46. The smallest absolute Gasteiger partial charge is 0.303 e. The molecule has 0 amide bonds. The minimum absolute atomic E-state index is 0.213. The molecule has 1 aromatic carbocycles. The van der Waals surface area contributed by atoms with Crippen LogP contribution < -0.4 is 0 Å². The number of aryl methyl sites for hydroxylation is 1. The molecule has 3 nitrogen and oxygen atoms in total. The first-order chi connectivity index (χ1) is 9.69. The second-order valence-corrected chi connectivity index (χ2v) is 5.74. The summed E-state index contributed by atoms with van der Waals surface area (Å²) in [6, 6.07) is 9.12. The van der Waals surface area contributed by atoms with E-state index in [0.717, 1.165) is 12.1 Å². The molecule has 0 bridgehead atoms. The van der Waals surface area contributed by atoms with Crippen LogP contribution in [0.15, 0.2) is 24.3 Å². The summed E-state index contributed by atoms with van der Waals surface area (Å²) in [6.45, 7) is 4.46. The number of carboxylic acid groups (broad SMARTS) is 1. The molecule has 0 radical (unpaired) electrons. The Balaban J connectivity index is 1.97. The summed E-state index contributed by atoms with van der Waals surface area (Å²) in [4.78, 5) is 13.2. The van der Waals surface area contributed by atoms with Crippen LogP contribution in [0, 0.1) is 0 Å². The summed E-state index contributed by atoms with van der Waals surface area (Å²) in [7, 11) is 0. The SMILES string of the molecule is CCC1CCCCN1Cc1cccc(CCC(=O)O)c1. The zero-order valence-corrected chi connectivity index (χ0v) is 12.3. The molecule has 3 heteroatoms. The molecule has 1 fully saturated rings. The van der Waals surface area contributed by atoms with Crippen LogP contribution in [0.2, 0.25) is 0 Å². The van der Waals surface area contributed by atoms with Crippen LogP contribution in [0.25, 0.3) is 0 Å². The Morgan fingerprint density at radius 1 is 1.35 bits per heavy atom. The first kappa shape index (κ1) is 15.0. The van der Waals surface area contributed by atoms with E-state index in [-0.39, 0.29) is 6.42 Å². The van der Waals surface area contributed by atoms with Gasteiger partial charge in [0.25, 0.3) is 0 Å². The van der Waals surface area contributed by atoms with Gasteiger partial charge in [-0.15, -0.1) is 0 Å². The maximum atomic E-state index is 10.6. The van der Waals surface area contributed by atoms with E-state index >= 15 is 0 Å². The van der Waals surface area contributed by atoms with Crippen molar-refractivity contribution in [3.05, 3.63) is 35.4 Å². The van der Waals surface area contributed by atoms with Crippen LogP contribution in [0.4, 0.5) is 0 Å². The second-order valence-electron chi connectivity index (χ2n) is 5.74. The summed E-state index contributed by atoms with van der Waals surface area (Å²) < 4.78 is 0. The van der Waals surface area contributed by atoms with Gasteiger partial charge in [0.05, 0.1) is 0 Å². The number of carbonyl (C=O) groups is 1. The fourth-order valence-electron chi connectivity index (χ4n) is 3.10. The molecule has 1 N–H and O–H groups in total. The lowest BCUT2D eigenvalue weighted by molar-refractivity contribution is -0.136. The summed E-state index contributed by atoms with van der Waals surface area (Å²) in [6.07, 6.45) is 6.03. The Kier molecular flexibility index (Phi) is 5.60. The molecule has 0 aromatic heterocycles. The highest BCUT2D eigenvalue weighted by Crippen LogP contribution is 2.22. The molecular weight excluding hydrogens is 250 g/mol. The molecule has 1 atom stereocenters. The third kappa shape index (κ3) is 4.34. The van der Waals surface area contributed by atoms with E-state index in [1.807, 2.05) is 6.07 Å². The molecular formula is C17H25NO2. The van der Waals surface area contributed by atoms with E-state index in [1.54, 1.807) is 0 Å². The fourth-order valence-corrected chi connectivity index (χ4v) is 3.10. The molecule has 20 heavy (non-hydrogen) atoms. The Bertz CT molecular complexity index is 444. The van der Waals surface area contributed by atoms with Crippen molar-refractivity contribution in [2.75, 3.05) is 6.54 Å². The van der Waals surface area contributed by atoms with Gasteiger partial charge >= 0.3 is 5.97 Å². The maximum Gasteiger partial charge on any atom is 0.303 e. The van der Waals surface area contributed by atoms with Crippen LogP contribution in [0.1, 0.15) is 50.2 Å². The van der Waals surface area contributed by atoms with Gasteiger partial charge in [0.1, 0.15) is 0 Å². The zero-order chi connectivity index (χ0) is 14.4. The summed E-state index contributed by atoms with van der Waals surface area (Å²) in [5, 5.41) is 8.76. The van der Waals surface area contributed by atoms with Gasteiger partial charge in [-0.2, -0.15) is 0 Å². The van der Waals surface area contributed by atoms with Crippen LogP contribution in [-0.4, -0.2) is 28.6 Å². The summed E-state index contributed by atoms with van der Waals surface area (Å²) in [5.74, 6) is -0.725. The highest BCUT2D eigenvalue weighted by molar-refractivity contribution is 5.67. The van der Waals surface area contributed by atoms with Gasteiger partial charge in [-0.25, -0.2) is 0 Å². The van der Waals surface area contributed by atoms with Gasteiger partial charge in [0.15, 0.2) is 0 Å². The number of rotatable bonds is 6. The molecule has 1 aromatic rings. The summed E-state index contributed by atoms with van der Waals surface area (Å²) in [5.41, 5.74) is 2.45. The first-order valence-corrected chi connectivity index (χ1v) is 7.72. The van der Waals surface area contributed by atoms with Crippen molar-refractivity contribution in [1.82, 2.24) is 4.90 Å². The van der Waals surface area contributed by atoms with Crippen molar-refractivity contribution in [2.24, 2.45) is 0 Å². The molecule has 0 saturated carbocycles. The van der Waals surface area contributed by atoms with E-state index in [1.165, 1.54) is 37.8 Å². The van der Waals surface area contributed by atoms with Crippen molar-refractivity contribution in [2.45, 2.75) is 58.0 Å². The number of aliphatic carboxylic acids is 1. The molecule has 1 unspecified atom stereocenters. The third-order valence-electron chi connectivity index (χ3n) is 4.22. The highest BCUT2D eigenvalue weighted by atomic mass is 16.4. The lowest BCUT2D eigenvalue weighted by Crippen LogP contribution is -2.38. The van der Waals surface area contributed by atoms with Gasteiger partial charge in [-0.3, -0.25) is 9.69 Å². The molecule has 2 rings (SSSR count). The molecule has 0 spiro atoms. The Hall–Kier alpha value is -1.35. The molecule has 1 aliphatic heterocycles. The topological polar surface area (TPSA) is 40.5 Å². The molecule has 110 valence electrons. The lowest BCUT2D eigenvalue weighted by atomic mass is 9.98. The first-order valence-electron chi connectivity index (χ1n) is 7.72. The maximum absolute atomic E-state index is 10.6. The van der Waals surface area contributed by atoms with E-state index in [2.05, 4.69) is 30.0 Å². The lowest BCUT2D eigenvalue weighted by Gasteiger charge is -2.35. The van der Waals surface area contributed by atoms with Gasteiger partial charge < -0.3 is 5.11 Å². The molecule has 1 saturated heterocycles. The molecule has 1 aliphatic rings. The van der Waals surface area contributed by atoms with E-state index in [0.29, 0.717) is 12.5 Å². The van der Waals surface area contributed by atoms with E-state index < -0.39 is 5.97 Å². The fraction of sp³-hybridized carbons (Fsp3) is 0.588. The van der Waals surface area contributed by atoms with Crippen molar-refractivity contribution < 1.29 is 9.90 Å². The number of benzene rings is 1. The number of carboxylic acids is 1. The van der Waals surface area contributed by atoms with Crippen molar-refractivity contribution in [1.29, 1.82) is 0 Å². The van der Waals surface area contributed by atoms with E-state index in [4.69, 9.17) is 5.11 Å². The minimum atomic E-state index is -0.725. The van der Waals surface area contributed by atoms with Gasteiger partial charge in [0, 0.05) is 19.0 Å².